The van der Waals surface area contributed by atoms with Crippen molar-refractivity contribution in [3.8, 4) is 0 Å². The van der Waals surface area contributed by atoms with Gasteiger partial charge in [0, 0.05) is 29.5 Å². The molecule has 1 aromatic heterocycles. The predicted octanol–water partition coefficient (Wildman–Crippen LogP) is 2.89. The Labute approximate surface area is 146 Å². The number of nitrogens with zero attached hydrogens (tertiary/aromatic N) is 3. The molecule has 0 spiro atoms. The molecule has 0 radical (unpaired) electrons. The number of anilines is 3. The van der Waals surface area contributed by atoms with Gasteiger partial charge in [-0.25, -0.2) is 13.4 Å². The number of rotatable bonds is 5. The molecule has 0 saturated carbocycles. The third-order valence-corrected chi connectivity index (χ3v) is 6.03. The molecule has 8 heteroatoms. The molecule has 1 aromatic carbocycles. The van der Waals surface area contributed by atoms with Crippen molar-refractivity contribution in [1.82, 2.24) is 9.97 Å². The highest BCUT2D eigenvalue weighted by Gasteiger charge is 2.32. The largest absolute Gasteiger partial charge is 0.353 e. The van der Waals surface area contributed by atoms with E-state index in [0.29, 0.717) is 23.9 Å². The van der Waals surface area contributed by atoms with E-state index in [1.807, 2.05) is 30.0 Å². The van der Waals surface area contributed by atoms with Gasteiger partial charge in [-0.15, -0.1) is 0 Å². The van der Waals surface area contributed by atoms with Crippen molar-refractivity contribution < 1.29 is 8.42 Å². The first kappa shape index (κ1) is 17.0. The lowest BCUT2D eigenvalue weighted by molar-refractivity contribution is 0.599. The van der Waals surface area contributed by atoms with Gasteiger partial charge in [0.05, 0.1) is 11.5 Å². The average molecular weight is 367 g/mol. The zero-order chi connectivity index (χ0) is 17.2. The maximum Gasteiger partial charge on any atom is 0.229 e. The number of hydrogen-bond donors (Lipinski definition) is 1. The van der Waals surface area contributed by atoms with Crippen molar-refractivity contribution >= 4 is 38.9 Å². The van der Waals surface area contributed by atoms with E-state index in [-0.39, 0.29) is 17.5 Å². The molecular formula is C16H19ClN4O2S. The zero-order valence-corrected chi connectivity index (χ0v) is 14.9. The molecule has 6 nitrogen and oxygen atoms in total. The van der Waals surface area contributed by atoms with Crippen LogP contribution in [0.4, 0.5) is 17.5 Å². The minimum Gasteiger partial charge on any atom is -0.353 e. The summed E-state index contributed by atoms with van der Waals surface area (Å²) >= 11 is 5.88. The first-order chi connectivity index (χ1) is 11.5. The van der Waals surface area contributed by atoms with Crippen molar-refractivity contribution in [2.75, 3.05) is 28.3 Å². The highest BCUT2D eigenvalue weighted by atomic mass is 35.5. The van der Waals surface area contributed by atoms with Gasteiger partial charge in [-0.1, -0.05) is 11.6 Å². The summed E-state index contributed by atoms with van der Waals surface area (Å²) in [7, 11) is -2.93. The van der Waals surface area contributed by atoms with E-state index in [9.17, 15) is 8.42 Å². The second-order valence-electron chi connectivity index (χ2n) is 5.71. The van der Waals surface area contributed by atoms with Crippen LogP contribution >= 0.6 is 11.6 Å². The van der Waals surface area contributed by atoms with Crippen LogP contribution in [0.5, 0.6) is 0 Å². The average Bonchev–Trinajstić information content (AvgIpc) is 2.91. The Hall–Kier alpha value is -1.86. The number of hydrogen-bond acceptors (Lipinski definition) is 6. The molecule has 24 heavy (non-hydrogen) atoms. The molecule has 2 heterocycles. The molecule has 1 aliphatic heterocycles. The van der Waals surface area contributed by atoms with Crippen molar-refractivity contribution in [2.45, 2.75) is 19.4 Å². The van der Waals surface area contributed by atoms with Gasteiger partial charge < -0.3 is 10.2 Å². The van der Waals surface area contributed by atoms with Gasteiger partial charge in [-0.2, -0.15) is 4.98 Å². The van der Waals surface area contributed by atoms with Gasteiger partial charge >= 0.3 is 0 Å². The van der Waals surface area contributed by atoms with Crippen molar-refractivity contribution in [2.24, 2.45) is 0 Å². The molecule has 3 rings (SSSR count). The van der Waals surface area contributed by atoms with Gasteiger partial charge in [-0.3, -0.25) is 0 Å². The third kappa shape index (κ3) is 3.96. The van der Waals surface area contributed by atoms with Crippen LogP contribution in [-0.2, 0) is 9.84 Å². The van der Waals surface area contributed by atoms with E-state index in [2.05, 4.69) is 15.3 Å². The molecule has 1 fully saturated rings. The number of sulfone groups is 1. The molecule has 0 amide bonds. The summed E-state index contributed by atoms with van der Waals surface area (Å²) in [6, 6.07) is 9.05. The highest BCUT2D eigenvalue weighted by Crippen LogP contribution is 2.24. The fourth-order valence-electron chi connectivity index (χ4n) is 2.86. The summed E-state index contributed by atoms with van der Waals surface area (Å²) in [6.45, 7) is 2.69. The summed E-state index contributed by atoms with van der Waals surface area (Å²) in [5, 5.41) is 3.79. The van der Waals surface area contributed by atoms with Crippen molar-refractivity contribution in [1.29, 1.82) is 0 Å². The van der Waals surface area contributed by atoms with Crippen LogP contribution < -0.4 is 10.2 Å². The van der Waals surface area contributed by atoms with Crippen LogP contribution in [0, 0.1) is 0 Å². The molecule has 2 aromatic rings. The summed E-state index contributed by atoms with van der Waals surface area (Å²) in [5.41, 5.74) is 0.836. The summed E-state index contributed by atoms with van der Waals surface area (Å²) in [4.78, 5) is 10.8. The van der Waals surface area contributed by atoms with E-state index in [4.69, 9.17) is 11.6 Å². The van der Waals surface area contributed by atoms with Crippen LogP contribution in [0.1, 0.15) is 13.3 Å². The summed E-state index contributed by atoms with van der Waals surface area (Å²) in [5.74, 6) is 1.63. The second kappa shape index (κ2) is 6.94. The predicted molar refractivity (Wildman–Crippen MR) is 96.8 cm³/mol. The maximum absolute atomic E-state index is 11.7. The highest BCUT2D eigenvalue weighted by molar-refractivity contribution is 7.91. The van der Waals surface area contributed by atoms with Gasteiger partial charge in [0.25, 0.3) is 0 Å². The normalized spacial score (nSPS) is 19.2. The van der Waals surface area contributed by atoms with E-state index in [1.165, 1.54) is 0 Å². The molecule has 1 unspecified atom stereocenters. The van der Waals surface area contributed by atoms with Crippen molar-refractivity contribution in [3.63, 3.8) is 0 Å². The fraction of sp³-hybridized carbons (Fsp3) is 0.375. The molecule has 1 aliphatic rings. The zero-order valence-electron chi connectivity index (χ0n) is 13.3. The summed E-state index contributed by atoms with van der Waals surface area (Å²) in [6.07, 6.45) is 2.31. The lowest BCUT2D eigenvalue weighted by Gasteiger charge is -2.28. The number of nitrogens with one attached hydrogen (secondary N) is 1. The first-order valence-corrected chi connectivity index (χ1v) is 9.99. The lowest BCUT2D eigenvalue weighted by Crippen LogP contribution is -2.36. The molecular weight excluding hydrogens is 348 g/mol. The number of benzene rings is 1. The molecule has 128 valence electrons. The Morgan fingerprint density at radius 1 is 1.29 bits per heavy atom. The Morgan fingerprint density at radius 3 is 2.67 bits per heavy atom. The van der Waals surface area contributed by atoms with Gasteiger partial charge in [0.2, 0.25) is 5.95 Å². The number of aromatic nitrogens is 2. The second-order valence-corrected chi connectivity index (χ2v) is 8.38. The van der Waals surface area contributed by atoms with Crippen LogP contribution in [0.3, 0.4) is 0 Å². The minimum atomic E-state index is -2.93. The molecule has 0 bridgehead atoms. The topological polar surface area (TPSA) is 75.2 Å². The minimum absolute atomic E-state index is 0.0294. The Balaban J connectivity index is 1.79. The Bertz CT molecular complexity index is 811. The van der Waals surface area contributed by atoms with Crippen LogP contribution in [0.15, 0.2) is 36.5 Å². The quantitative estimate of drug-likeness (QED) is 0.876. The Morgan fingerprint density at radius 2 is 2.04 bits per heavy atom. The third-order valence-electron chi connectivity index (χ3n) is 4.03. The van der Waals surface area contributed by atoms with E-state index >= 15 is 0 Å². The van der Waals surface area contributed by atoms with Gasteiger partial charge in [-0.05, 0) is 43.7 Å². The molecule has 1 atom stereocenters. The van der Waals surface area contributed by atoms with E-state index < -0.39 is 9.84 Å². The molecule has 1 saturated heterocycles. The SMILES string of the molecule is CCN(c1ccnc(Nc2ccc(Cl)cc2)n1)C1CCS(=O)(=O)C1. The lowest BCUT2D eigenvalue weighted by atomic mass is 10.2. The molecule has 0 aliphatic carbocycles. The summed E-state index contributed by atoms with van der Waals surface area (Å²) < 4.78 is 23.5. The van der Waals surface area contributed by atoms with Gasteiger partial charge in [0.1, 0.15) is 5.82 Å². The standard InChI is InChI=1S/C16H19ClN4O2S/c1-2-21(14-8-10-24(22,23)11-14)15-7-9-18-16(20-15)19-13-5-3-12(17)4-6-13/h3-7,9,14H,2,8,10-11H2,1H3,(H,18,19,20). The van der Waals surface area contributed by atoms with Crippen molar-refractivity contribution in [3.05, 3.63) is 41.6 Å². The monoisotopic (exact) mass is 366 g/mol. The number of halogens is 1. The molecule has 1 N–H and O–H groups in total. The van der Waals surface area contributed by atoms with E-state index in [1.54, 1.807) is 18.3 Å². The van der Waals surface area contributed by atoms with Gasteiger partial charge in [0.15, 0.2) is 9.84 Å². The first-order valence-electron chi connectivity index (χ1n) is 7.79. The van der Waals surface area contributed by atoms with Crippen LogP contribution in [0.2, 0.25) is 5.02 Å². The Kier molecular flexibility index (Phi) is 4.91. The maximum atomic E-state index is 11.7. The smallest absolute Gasteiger partial charge is 0.229 e. The van der Waals surface area contributed by atoms with E-state index in [0.717, 1.165) is 11.5 Å². The fourth-order valence-corrected chi connectivity index (χ4v) is 4.72. The van der Waals surface area contributed by atoms with Crippen LogP contribution in [-0.4, -0.2) is 42.5 Å². The van der Waals surface area contributed by atoms with Crippen LogP contribution in [0.25, 0.3) is 0 Å².